The lowest BCUT2D eigenvalue weighted by atomic mass is 10.1. The fourth-order valence-corrected chi connectivity index (χ4v) is 2.73. The minimum Gasteiger partial charge on any atom is -0.376 e. The summed E-state index contributed by atoms with van der Waals surface area (Å²) in [6, 6.07) is 16.4. The van der Waals surface area contributed by atoms with Crippen molar-refractivity contribution in [1.82, 2.24) is 0 Å². The first kappa shape index (κ1) is 16.8. The molecule has 0 aliphatic rings. The molecule has 0 aliphatic carbocycles. The molecule has 1 nitrogen and oxygen atoms in total. The van der Waals surface area contributed by atoms with Crippen molar-refractivity contribution >= 4 is 15.9 Å². The van der Waals surface area contributed by atoms with E-state index in [1.807, 2.05) is 30.3 Å². The smallest absolute Gasteiger partial charge is 0.0590 e. The molecule has 0 saturated heterocycles. The summed E-state index contributed by atoms with van der Waals surface area (Å²) in [5, 5.41) is 0. The maximum atomic E-state index is 5.80. The molecule has 0 aliphatic heterocycles. The SMILES string of the molecule is CC(C)OC(C)Cc1cccc(C#Cc2cccc(Br)c2)c1. The Balaban J connectivity index is 2.09. The molecule has 2 aromatic rings. The summed E-state index contributed by atoms with van der Waals surface area (Å²) < 4.78 is 6.84. The van der Waals surface area contributed by atoms with Crippen molar-refractivity contribution in [2.45, 2.75) is 39.4 Å². The standard InChI is InChI=1S/C20H21BrO/c1-15(2)22-16(3)12-19-8-4-6-17(13-19)10-11-18-7-5-9-20(21)14-18/h4-9,13-16H,12H2,1-3H3. The molecule has 0 radical (unpaired) electrons. The number of hydrogen-bond acceptors (Lipinski definition) is 1. The third-order valence-corrected chi connectivity index (χ3v) is 3.62. The van der Waals surface area contributed by atoms with Gasteiger partial charge in [-0.05, 0) is 63.1 Å². The highest BCUT2D eigenvalue weighted by atomic mass is 79.9. The molecular formula is C20H21BrO. The van der Waals surface area contributed by atoms with Gasteiger partial charge in [-0.2, -0.15) is 0 Å². The Morgan fingerprint density at radius 2 is 1.59 bits per heavy atom. The Morgan fingerprint density at radius 3 is 2.23 bits per heavy atom. The summed E-state index contributed by atoms with van der Waals surface area (Å²) in [7, 11) is 0. The number of ether oxygens (including phenoxy) is 1. The molecule has 2 aromatic carbocycles. The van der Waals surface area contributed by atoms with Gasteiger partial charge >= 0.3 is 0 Å². The van der Waals surface area contributed by atoms with E-state index in [0.717, 1.165) is 22.0 Å². The van der Waals surface area contributed by atoms with E-state index in [0.29, 0.717) is 0 Å². The number of benzene rings is 2. The van der Waals surface area contributed by atoms with Gasteiger partial charge in [0.1, 0.15) is 0 Å². The molecule has 0 spiro atoms. The largest absolute Gasteiger partial charge is 0.376 e. The Hall–Kier alpha value is -1.56. The van der Waals surface area contributed by atoms with Crippen LogP contribution in [0, 0.1) is 11.8 Å². The lowest BCUT2D eigenvalue weighted by Crippen LogP contribution is -2.16. The lowest BCUT2D eigenvalue weighted by molar-refractivity contribution is 0.0195. The zero-order chi connectivity index (χ0) is 15.9. The van der Waals surface area contributed by atoms with Crippen LogP contribution >= 0.6 is 15.9 Å². The topological polar surface area (TPSA) is 9.23 Å². The van der Waals surface area contributed by atoms with Crippen molar-refractivity contribution in [3.8, 4) is 11.8 Å². The molecule has 0 fully saturated rings. The van der Waals surface area contributed by atoms with Crippen LogP contribution in [0.25, 0.3) is 0 Å². The third kappa shape index (κ3) is 5.67. The molecule has 0 amide bonds. The molecule has 2 rings (SSSR count). The van der Waals surface area contributed by atoms with E-state index in [9.17, 15) is 0 Å². The van der Waals surface area contributed by atoms with Crippen molar-refractivity contribution in [3.05, 3.63) is 69.7 Å². The van der Waals surface area contributed by atoms with E-state index in [1.165, 1.54) is 5.56 Å². The lowest BCUT2D eigenvalue weighted by Gasteiger charge is -2.16. The Labute approximate surface area is 141 Å². The highest BCUT2D eigenvalue weighted by Crippen LogP contribution is 2.12. The van der Waals surface area contributed by atoms with Crippen LogP contribution in [0.1, 0.15) is 37.5 Å². The second-order valence-electron chi connectivity index (χ2n) is 5.66. The second-order valence-corrected chi connectivity index (χ2v) is 6.58. The van der Waals surface area contributed by atoms with Crippen LogP contribution in [-0.4, -0.2) is 12.2 Å². The molecule has 22 heavy (non-hydrogen) atoms. The van der Waals surface area contributed by atoms with Crippen molar-refractivity contribution in [2.75, 3.05) is 0 Å². The molecule has 1 unspecified atom stereocenters. The van der Waals surface area contributed by atoms with Gasteiger partial charge in [-0.1, -0.05) is 46.0 Å². The molecular weight excluding hydrogens is 336 g/mol. The van der Waals surface area contributed by atoms with Gasteiger partial charge in [-0.25, -0.2) is 0 Å². The van der Waals surface area contributed by atoms with Gasteiger partial charge in [0.15, 0.2) is 0 Å². The van der Waals surface area contributed by atoms with Crippen LogP contribution in [0.2, 0.25) is 0 Å². The van der Waals surface area contributed by atoms with E-state index in [-0.39, 0.29) is 12.2 Å². The fourth-order valence-electron chi connectivity index (χ4n) is 2.33. The van der Waals surface area contributed by atoms with Gasteiger partial charge in [0.05, 0.1) is 12.2 Å². The van der Waals surface area contributed by atoms with Crippen LogP contribution < -0.4 is 0 Å². The first-order valence-corrected chi connectivity index (χ1v) is 8.34. The van der Waals surface area contributed by atoms with Gasteiger partial charge in [-0.15, -0.1) is 0 Å². The predicted octanol–water partition coefficient (Wildman–Crippen LogP) is 5.20. The van der Waals surface area contributed by atoms with Gasteiger partial charge in [-0.3, -0.25) is 0 Å². The second kappa shape index (κ2) is 8.17. The zero-order valence-electron chi connectivity index (χ0n) is 13.3. The molecule has 2 heteroatoms. The Morgan fingerprint density at radius 1 is 0.955 bits per heavy atom. The van der Waals surface area contributed by atoms with E-state index in [4.69, 9.17) is 4.74 Å². The van der Waals surface area contributed by atoms with E-state index < -0.39 is 0 Å². The van der Waals surface area contributed by atoms with Gasteiger partial charge in [0.25, 0.3) is 0 Å². The van der Waals surface area contributed by atoms with E-state index in [1.54, 1.807) is 0 Å². The summed E-state index contributed by atoms with van der Waals surface area (Å²) in [4.78, 5) is 0. The van der Waals surface area contributed by atoms with Crippen molar-refractivity contribution in [3.63, 3.8) is 0 Å². The van der Waals surface area contributed by atoms with Crippen LogP contribution in [0.15, 0.2) is 53.0 Å². The molecule has 0 heterocycles. The van der Waals surface area contributed by atoms with E-state index in [2.05, 4.69) is 66.7 Å². The predicted molar refractivity (Wildman–Crippen MR) is 96.0 cm³/mol. The monoisotopic (exact) mass is 356 g/mol. The Bertz CT molecular complexity index is 679. The van der Waals surface area contributed by atoms with Crippen LogP contribution in [0.4, 0.5) is 0 Å². The average molecular weight is 357 g/mol. The minimum absolute atomic E-state index is 0.216. The van der Waals surface area contributed by atoms with Crippen LogP contribution in [0.5, 0.6) is 0 Å². The number of rotatable bonds is 4. The highest BCUT2D eigenvalue weighted by molar-refractivity contribution is 9.10. The van der Waals surface area contributed by atoms with Crippen LogP contribution in [0.3, 0.4) is 0 Å². The highest BCUT2D eigenvalue weighted by Gasteiger charge is 2.06. The van der Waals surface area contributed by atoms with Gasteiger partial charge in [0.2, 0.25) is 0 Å². The first-order chi connectivity index (χ1) is 10.5. The third-order valence-electron chi connectivity index (χ3n) is 3.13. The molecule has 0 aromatic heterocycles. The first-order valence-electron chi connectivity index (χ1n) is 7.55. The minimum atomic E-state index is 0.216. The molecule has 0 N–H and O–H groups in total. The fraction of sp³-hybridized carbons (Fsp3) is 0.300. The van der Waals surface area contributed by atoms with Gasteiger partial charge in [0, 0.05) is 15.6 Å². The van der Waals surface area contributed by atoms with Crippen LogP contribution in [-0.2, 0) is 11.2 Å². The number of hydrogen-bond donors (Lipinski definition) is 0. The normalized spacial score (nSPS) is 11.9. The maximum Gasteiger partial charge on any atom is 0.0590 e. The Kier molecular flexibility index (Phi) is 6.24. The molecule has 0 bridgehead atoms. The van der Waals surface area contributed by atoms with E-state index >= 15 is 0 Å². The van der Waals surface area contributed by atoms with Crippen molar-refractivity contribution < 1.29 is 4.74 Å². The molecule has 1 atom stereocenters. The van der Waals surface area contributed by atoms with Gasteiger partial charge < -0.3 is 4.74 Å². The van der Waals surface area contributed by atoms with Crippen molar-refractivity contribution in [1.29, 1.82) is 0 Å². The summed E-state index contributed by atoms with van der Waals surface area (Å²) in [6.07, 6.45) is 1.38. The summed E-state index contributed by atoms with van der Waals surface area (Å²) >= 11 is 3.46. The summed E-state index contributed by atoms with van der Waals surface area (Å²) in [6.45, 7) is 6.24. The summed E-state index contributed by atoms with van der Waals surface area (Å²) in [5.74, 6) is 6.43. The number of halogens is 1. The maximum absolute atomic E-state index is 5.80. The zero-order valence-corrected chi connectivity index (χ0v) is 14.9. The quantitative estimate of drug-likeness (QED) is 0.683. The average Bonchev–Trinajstić information content (AvgIpc) is 2.44. The molecule has 0 saturated carbocycles. The van der Waals surface area contributed by atoms with Crippen molar-refractivity contribution in [2.24, 2.45) is 0 Å². The molecule has 114 valence electrons. The summed E-state index contributed by atoms with van der Waals surface area (Å²) in [5.41, 5.74) is 3.31.